The summed E-state index contributed by atoms with van der Waals surface area (Å²) in [4.78, 5) is 22.3. The van der Waals surface area contributed by atoms with E-state index in [0.29, 0.717) is 0 Å². The number of carbonyl (C=O) groups excluding carboxylic acids is 1. The SMILES string of the molecule is CS(=O)(=O)CCC(=O)Nc1cccc(F)c1C(=O)O. The van der Waals surface area contributed by atoms with Crippen LogP contribution in [0.15, 0.2) is 18.2 Å². The quantitative estimate of drug-likeness (QED) is 0.838. The van der Waals surface area contributed by atoms with Crippen molar-refractivity contribution in [1.82, 2.24) is 0 Å². The number of carboxylic acid groups (broad SMARTS) is 1. The summed E-state index contributed by atoms with van der Waals surface area (Å²) in [6.45, 7) is 0. The Morgan fingerprint density at radius 2 is 2.00 bits per heavy atom. The van der Waals surface area contributed by atoms with Crippen LogP contribution in [0.4, 0.5) is 10.1 Å². The number of halogens is 1. The van der Waals surface area contributed by atoms with Crippen LogP contribution in [0.25, 0.3) is 0 Å². The van der Waals surface area contributed by atoms with Gasteiger partial charge in [-0.3, -0.25) is 4.79 Å². The molecule has 0 unspecified atom stereocenters. The fraction of sp³-hybridized carbons (Fsp3) is 0.273. The van der Waals surface area contributed by atoms with E-state index < -0.39 is 33.1 Å². The Kier molecular flexibility index (Phi) is 4.60. The summed E-state index contributed by atoms with van der Waals surface area (Å²) >= 11 is 0. The third-order valence-electron chi connectivity index (χ3n) is 2.20. The number of carbonyl (C=O) groups is 2. The van der Waals surface area contributed by atoms with E-state index in [0.717, 1.165) is 12.3 Å². The van der Waals surface area contributed by atoms with Crippen LogP contribution in [0.5, 0.6) is 0 Å². The van der Waals surface area contributed by atoms with E-state index in [1.54, 1.807) is 0 Å². The van der Waals surface area contributed by atoms with Gasteiger partial charge >= 0.3 is 5.97 Å². The second-order valence-corrected chi connectivity index (χ2v) is 6.16. The topological polar surface area (TPSA) is 101 Å². The Bertz CT molecular complexity index is 612. The van der Waals surface area contributed by atoms with Gasteiger partial charge in [-0.1, -0.05) is 6.07 Å². The first-order valence-corrected chi connectivity index (χ1v) is 7.26. The smallest absolute Gasteiger partial charge is 0.340 e. The molecule has 0 bridgehead atoms. The maximum Gasteiger partial charge on any atom is 0.340 e. The van der Waals surface area contributed by atoms with Gasteiger partial charge in [-0.2, -0.15) is 0 Å². The highest BCUT2D eigenvalue weighted by Gasteiger charge is 2.17. The molecule has 0 saturated carbocycles. The highest BCUT2D eigenvalue weighted by Crippen LogP contribution is 2.19. The molecule has 8 heteroatoms. The van der Waals surface area contributed by atoms with Crippen molar-refractivity contribution in [2.45, 2.75) is 6.42 Å². The predicted molar refractivity (Wildman–Crippen MR) is 66.3 cm³/mol. The Balaban J connectivity index is 2.86. The highest BCUT2D eigenvalue weighted by atomic mass is 32.2. The molecule has 19 heavy (non-hydrogen) atoms. The van der Waals surface area contributed by atoms with E-state index in [9.17, 15) is 22.4 Å². The fourth-order valence-electron chi connectivity index (χ4n) is 1.34. The van der Waals surface area contributed by atoms with E-state index >= 15 is 0 Å². The molecular weight excluding hydrogens is 277 g/mol. The molecule has 0 aliphatic heterocycles. The molecule has 0 aromatic heterocycles. The first-order chi connectivity index (χ1) is 8.70. The lowest BCUT2D eigenvalue weighted by Gasteiger charge is -2.08. The van der Waals surface area contributed by atoms with Gasteiger partial charge in [-0.05, 0) is 12.1 Å². The summed E-state index contributed by atoms with van der Waals surface area (Å²) in [5.41, 5.74) is -0.860. The molecule has 0 saturated heterocycles. The second kappa shape index (κ2) is 5.79. The van der Waals surface area contributed by atoms with Gasteiger partial charge in [0.05, 0.1) is 11.4 Å². The van der Waals surface area contributed by atoms with Crippen LogP contribution in [-0.2, 0) is 14.6 Å². The molecule has 1 aromatic carbocycles. The number of hydrogen-bond acceptors (Lipinski definition) is 4. The zero-order valence-electron chi connectivity index (χ0n) is 10.0. The minimum absolute atomic E-state index is 0.203. The van der Waals surface area contributed by atoms with Crippen molar-refractivity contribution in [3.63, 3.8) is 0 Å². The lowest BCUT2D eigenvalue weighted by atomic mass is 10.1. The summed E-state index contributed by atoms with van der Waals surface area (Å²) in [6, 6.07) is 3.43. The highest BCUT2D eigenvalue weighted by molar-refractivity contribution is 7.90. The average molecular weight is 289 g/mol. The number of aromatic carboxylic acids is 1. The van der Waals surface area contributed by atoms with Crippen LogP contribution in [0.1, 0.15) is 16.8 Å². The number of benzene rings is 1. The van der Waals surface area contributed by atoms with E-state index in [1.807, 2.05) is 0 Å². The van der Waals surface area contributed by atoms with Crippen LogP contribution in [0.2, 0.25) is 0 Å². The van der Waals surface area contributed by atoms with Crippen molar-refractivity contribution >= 4 is 27.4 Å². The fourth-order valence-corrected chi connectivity index (χ4v) is 1.89. The summed E-state index contributed by atoms with van der Waals surface area (Å²) in [6.07, 6.45) is 0.652. The van der Waals surface area contributed by atoms with E-state index in [-0.39, 0.29) is 17.9 Å². The van der Waals surface area contributed by atoms with Gasteiger partial charge in [0.25, 0.3) is 0 Å². The molecule has 2 N–H and O–H groups in total. The Morgan fingerprint density at radius 3 is 2.53 bits per heavy atom. The molecule has 0 radical (unpaired) electrons. The van der Waals surface area contributed by atoms with Gasteiger partial charge in [0.2, 0.25) is 5.91 Å². The van der Waals surface area contributed by atoms with Crippen molar-refractivity contribution in [3.8, 4) is 0 Å². The van der Waals surface area contributed by atoms with Crippen molar-refractivity contribution in [1.29, 1.82) is 0 Å². The molecule has 0 aliphatic carbocycles. The lowest BCUT2D eigenvalue weighted by Crippen LogP contribution is -2.18. The van der Waals surface area contributed by atoms with Gasteiger partial charge in [0.1, 0.15) is 21.2 Å². The van der Waals surface area contributed by atoms with Crippen molar-refractivity contribution in [2.24, 2.45) is 0 Å². The van der Waals surface area contributed by atoms with Crippen LogP contribution in [0, 0.1) is 5.82 Å². The van der Waals surface area contributed by atoms with Crippen molar-refractivity contribution < 1.29 is 27.5 Å². The van der Waals surface area contributed by atoms with Gasteiger partial charge in [0.15, 0.2) is 0 Å². The van der Waals surface area contributed by atoms with Crippen LogP contribution in [0.3, 0.4) is 0 Å². The molecule has 0 spiro atoms. The Morgan fingerprint density at radius 1 is 1.37 bits per heavy atom. The van der Waals surface area contributed by atoms with Gasteiger partial charge in [0, 0.05) is 12.7 Å². The zero-order chi connectivity index (χ0) is 14.6. The number of sulfone groups is 1. The molecule has 0 fully saturated rings. The summed E-state index contributed by atoms with van der Waals surface area (Å²) in [5, 5.41) is 11.0. The van der Waals surface area contributed by atoms with Crippen molar-refractivity contribution in [2.75, 3.05) is 17.3 Å². The second-order valence-electron chi connectivity index (χ2n) is 3.90. The minimum Gasteiger partial charge on any atom is -0.478 e. The molecule has 1 aromatic rings. The molecule has 1 rings (SSSR count). The van der Waals surface area contributed by atoms with Gasteiger partial charge < -0.3 is 10.4 Å². The van der Waals surface area contributed by atoms with Crippen molar-refractivity contribution in [3.05, 3.63) is 29.6 Å². The largest absolute Gasteiger partial charge is 0.478 e. The van der Waals surface area contributed by atoms with Crippen LogP contribution < -0.4 is 5.32 Å². The monoisotopic (exact) mass is 289 g/mol. The van der Waals surface area contributed by atoms with E-state index in [2.05, 4.69) is 5.32 Å². The molecular formula is C11H12FNO5S. The number of anilines is 1. The molecule has 104 valence electrons. The summed E-state index contributed by atoms with van der Waals surface area (Å²) in [7, 11) is -3.30. The number of rotatable bonds is 5. The van der Waals surface area contributed by atoms with Crippen LogP contribution >= 0.6 is 0 Å². The minimum atomic E-state index is -3.30. The normalized spacial score (nSPS) is 11.1. The average Bonchev–Trinajstić information content (AvgIpc) is 2.25. The molecule has 0 atom stereocenters. The lowest BCUT2D eigenvalue weighted by molar-refractivity contribution is -0.115. The van der Waals surface area contributed by atoms with Crippen LogP contribution in [-0.4, -0.2) is 37.4 Å². The maximum absolute atomic E-state index is 13.3. The third-order valence-corrected chi connectivity index (χ3v) is 3.15. The molecule has 1 amide bonds. The number of amides is 1. The van der Waals surface area contributed by atoms with E-state index in [1.165, 1.54) is 12.1 Å². The third kappa shape index (κ3) is 4.66. The maximum atomic E-state index is 13.3. The predicted octanol–water partition coefficient (Wildman–Crippen LogP) is 0.897. The van der Waals surface area contributed by atoms with E-state index in [4.69, 9.17) is 5.11 Å². The number of hydrogen-bond donors (Lipinski definition) is 2. The molecule has 6 nitrogen and oxygen atoms in total. The number of carboxylic acids is 1. The Hall–Kier alpha value is -1.96. The molecule has 0 heterocycles. The standard InChI is InChI=1S/C11H12FNO5S/c1-19(17,18)6-5-9(14)13-8-4-2-3-7(12)10(8)11(15)16/h2-4H,5-6H2,1H3,(H,13,14)(H,15,16). The van der Waals surface area contributed by atoms with Gasteiger partial charge in [-0.25, -0.2) is 17.6 Å². The first kappa shape index (κ1) is 15.1. The Labute approximate surface area is 109 Å². The zero-order valence-corrected chi connectivity index (χ0v) is 10.8. The number of nitrogens with one attached hydrogen (secondary N) is 1. The summed E-state index contributed by atoms with van der Waals surface area (Å²) < 4.78 is 35.1. The summed E-state index contributed by atoms with van der Waals surface area (Å²) in [5.74, 6) is -3.56. The molecule has 0 aliphatic rings. The first-order valence-electron chi connectivity index (χ1n) is 5.20. The van der Waals surface area contributed by atoms with Gasteiger partial charge in [-0.15, -0.1) is 0 Å².